The Balaban J connectivity index is 1.96. The first-order valence-corrected chi connectivity index (χ1v) is 8.10. The summed E-state index contributed by atoms with van der Waals surface area (Å²) in [5.41, 5.74) is 0.657. The highest BCUT2D eigenvalue weighted by Crippen LogP contribution is 2.22. The van der Waals surface area contributed by atoms with E-state index in [1.807, 2.05) is 37.3 Å². The van der Waals surface area contributed by atoms with Crippen LogP contribution in [0.1, 0.15) is 6.92 Å². The molecule has 0 aromatic heterocycles. The lowest BCUT2D eigenvalue weighted by atomic mass is 10.3. The molecule has 2 aromatic carbocycles. The Morgan fingerprint density at radius 3 is 2.41 bits per heavy atom. The second-order valence-corrected chi connectivity index (χ2v) is 5.69. The van der Waals surface area contributed by atoms with E-state index in [9.17, 15) is 9.90 Å². The van der Waals surface area contributed by atoms with Crippen molar-refractivity contribution in [3.63, 3.8) is 0 Å². The maximum Gasteiger partial charge on any atom is 0.411 e. The van der Waals surface area contributed by atoms with E-state index in [1.165, 1.54) is 4.90 Å². The number of hydrogen-bond donors (Lipinski definition) is 1. The average molecular weight is 317 g/mol. The van der Waals surface area contributed by atoms with Gasteiger partial charge in [-0.25, -0.2) is 4.79 Å². The Labute approximate surface area is 134 Å². The maximum atomic E-state index is 11.4. The lowest BCUT2D eigenvalue weighted by Crippen LogP contribution is -2.31. The van der Waals surface area contributed by atoms with Gasteiger partial charge in [-0.1, -0.05) is 18.2 Å². The molecule has 1 N–H and O–H groups in total. The van der Waals surface area contributed by atoms with E-state index in [-0.39, 0.29) is 0 Å². The molecule has 4 nitrogen and oxygen atoms in total. The lowest BCUT2D eigenvalue weighted by Gasteiger charge is -2.19. The monoisotopic (exact) mass is 317 g/mol. The molecule has 0 fully saturated rings. The third-order valence-corrected chi connectivity index (χ3v) is 4.01. The molecule has 0 aliphatic heterocycles. The molecule has 0 atom stereocenters. The molecule has 0 bridgehead atoms. The van der Waals surface area contributed by atoms with Gasteiger partial charge >= 0.3 is 6.09 Å². The van der Waals surface area contributed by atoms with E-state index in [2.05, 4.69) is 0 Å². The van der Waals surface area contributed by atoms with Crippen molar-refractivity contribution < 1.29 is 14.6 Å². The van der Waals surface area contributed by atoms with Crippen LogP contribution in [0.3, 0.4) is 0 Å². The first-order chi connectivity index (χ1) is 10.7. The Morgan fingerprint density at radius 1 is 1.14 bits per heavy atom. The van der Waals surface area contributed by atoms with Crippen LogP contribution in [0.15, 0.2) is 59.5 Å². The smallest absolute Gasteiger partial charge is 0.411 e. The molecular weight excluding hydrogens is 298 g/mol. The van der Waals surface area contributed by atoms with Crippen molar-refractivity contribution in [1.82, 2.24) is 0 Å². The van der Waals surface area contributed by atoms with E-state index in [4.69, 9.17) is 4.74 Å². The number of hydrogen-bond acceptors (Lipinski definition) is 3. The molecule has 5 heteroatoms. The summed E-state index contributed by atoms with van der Waals surface area (Å²) in [6, 6.07) is 17.1. The van der Waals surface area contributed by atoms with Gasteiger partial charge in [0.1, 0.15) is 5.75 Å². The molecule has 0 aliphatic carbocycles. The number of ether oxygens (including phenoxy) is 1. The zero-order valence-electron chi connectivity index (χ0n) is 12.4. The maximum absolute atomic E-state index is 11.4. The number of nitrogens with zero attached hydrogens (tertiary/aromatic N) is 1. The minimum Gasteiger partial charge on any atom is -0.494 e. The zero-order chi connectivity index (χ0) is 15.8. The summed E-state index contributed by atoms with van der Waals surface area (Å²) in [6.45, 7) is 2.94. The van der Waals surface area contributed by atoms with Crippen molar-refractivity contribution in [2.24, 2.45) is 0 Å². The van der Waals surface area contributed by atoms with Crippen LogP contribution < -0.4 is 9.64 Å². The van der Waals surface area contributed by atoms with Crippen LogP contribution in [0.5, 0.6) is 5.75 Å². The van der Waals surface area contributed by atoms with E-state index in [1.54, 1.807) is 36.0 Å². The summed E-state index contributed by atoms with van der Waals surface area (Å²) in [5, 5.41) is 9.38. The third-order valence-electron chi connectivity index (χ3n) is 3.02. The number of anilines is 1. The van der Waals surface area contributed by atoms with Crippen LogP contribution in [0.25, 0.3) is 0 Å². The normalized spacial score (nSPS) is 10.2. The highest BCUT2D eigenvalue weighted by Gasteiger charge is 2.14. The van der Waals surface area contributed by atoms with Crippen molar-refractivity contribution in [2.45, 2.75) is 11.8 Å². The second kappa shape index (κ2) is 8.34. The van der Waals surface area contributed by atoms with Crippen molar-refractivity contribution >= 4 is 23.5 Å². The molecule has 0 heterocycles. The minimum absolute atomic E-state index is 0.433. The van der Waals surface area contributed by atoms with Crippen molar-refractivity contribution in [3.8, 4) is 5.75 Å². The van der Waals surface area contributed by atoms with Gasteiger partial charge in [-0.15, -0.1) is 11.8 Å². The predicted octanol–water partition coefficient (Wildman–Crippen LogP) is 4.36. The molecule has 0 saturated heterocycles. The zero-order valence-corrected chi connectivity index (χ0v) is 13.3. The molecule has 1 amide bonds. The number of carbonyl (C=O) groups is 1. The minimum atomic E-state index is -0.946. The van der Waals surface area contributed by atoms with Crippen molar-refractivity contribution in [1.29, 1.82) is 0 Å². The number of rotatable bonds is 7. The highest BCUT2D eigenvalue weighted by molar-refractivity contribution is 7.99. The van der Waals surface area contributed by atoms with Gasteiger partial charge in [-0.3, -0.25) is 4.90 Å². The van der Waals surface area contributed by atoms with Gasteiger partial charge in [-0.2, -0.15) is 0 Å². The van der Waals surface area contributed by atoms with Crippen LogP contribution in [-0.2, 0) is 0 Å². The fraction of sp³-hybridized carbons (Fsp3) is 0.235. The van der Waals surface area contributed by atoms with Gasteiger partial charge < -0.3 is 9.84 Å². The fourth-order valence-corrected chi connectivity index (χ4v) is 2.85. The number of thioether (sulfide) groups is 1. The lowest BCUT2D eigenvalue weighted by molar-refractivity contribution is 0.202. The first-order valence-electron chi connectivity index (χ1n) is 7.12. The molecule has 116 valence electrons. The third kappa shape index (κ3) is 4.70. The van der Waals surface area contributed by atoms with Crippen LogP contribution in [0, 0.1) is 0 Å². The average Bonchev–Trinajstić information content (AvgIpc) is 2.54. The topological polar surface area (TPSA) is 49.8 Å². The van der Waals surface area contributed by atoms with Crippen LogP contribution >= 0.6 is 11.8 Å². The van der Waals surface area contributed by atoms with Gasteiger partial charge in [0.15, 0.2) is 0 Å². The van der Waals surface area contributed by atoms with Gasteiger partial charge in [0.2, 0.25) is 0 Å². The number of amides is 1. The molecule has 22 heavy (non-hydrogen) atoms. The molecule has 2 rings (SSSR count). The Hall–Kier alpha value is -2.14. The van der Waals surface area contributed by atoms with Gasteiger partial charge in [-0.05, 0) is 43.3 Å². The van der Waals surface area contributed by atoms with Crippen molar-refractivity contribution in [2.75, 3.05) is 23.8 Å². The number of carboxylic acid groups (broad SMARTS) is 1. The SMILES string of the molecule is CCOc1ccc(N(CCSc2ccccc2)C(=O)O)cc1. The van der Waals surface area contributed by atoms with E-state index < -0.39 is 6.09 Å². The van der Waals surface area contributed by atoms with Gasteiger partial charge in [0, 0.05) is 22.9 Å². The summed E-state index contributed by atoms with van der Waals surface area (Å²) >= 11 is 1.64. The van der Waals surface area contributed by atoms with Crippen LogP contribution in [0.4, 0.5) is 10.5 Å². The fourth-order valence-electron chi connectivity index (χ4n) is 2.00. The molecule has 0 spiro atoms. The predicted molar refractivity (Wildman–Crippen MR) is 90.1 cm³/mol. The summed E-state index contributed by atoms with van der Waals surface area (Å²) in [6.07, 6.45) is -0.946. The van der Waals surface area contributed by atoms with E-state index >= 15 is 0 Å². The molecular formula is C17H19NO3S. The quantitative estimate of drug-likeness (QED) is 0.771. The van der Waals surface area contributed by atoms with Gasteiger partial charge in [0.25, 0.3) is 0 Å². The first kappa shape index (κ1) is 16.2. The molecule has 0 saturated carbocycles. The molecule has 0 unspecified atom stereocenters. The largest absolute Gasteiger partial charge is 0.494 e. The van der Waals surface area contributed by atoms with Crippen LogP contribution in [-0.4, -0.2) is 30.1 Å². The Bertz CT molecular complexity index is 587. The standard InChI is InChI=1S/C17H19NO3S/c1-2-21-15-10-8-14(9-11-15)18(17(19)20)12-13-22-16-6-4-3-5-7-16/h3-11H,2,12-13H2,1H3,(H,19,20). The molecule has 0 radical (unpaired) electrons. The Kier molecular flexibility index (Phi) is 6.15. The summed E-state index contributed by atoms with van der Waals surface area (Å²) in [7, 11) is 0. The number of benzene rings is 2. The summed E-state index contributed by atoms with van der Waals surface area (Å²) < 4.78 is 5.37. The Morgan fingerprint density at radius 2 is 1.82 bits per heavy atom. The van der Waals surface area contributed by atoms with Crippen molar-refractivity contribution in [3.05, 3.63) is 54.6 Å². The van der Waals surface area contributed by atoms with E-state index in [0.717, 1.165) is 10.6 Å². The van der Waals surface area contributed by atoms with E-state index in [0.29, 0.717) is 24.6 Å². The molecule has 0 aliphatic rings. The van der Waals surface area contributed by atoms with Crippen LogP contribution in [0.2, 0.25) is 0 Å². The molecule has 2 aromatic rings. The second-order valence-electron chi connectivity index (χ2n) is 4.52. The summed E-state index contributed by atoms with van der Waals surface area (Å²) in [4.78, 5) is 13.9. The van der Waals surface area contributed by atoms with Gasteiger partial charge in [0.05, 0.1) is 6.61 Å². The highest BCUT2D eigenvalue weighted by atomic mass is 32.2. The summed E-state index contributed by atoms with van der Waals surface area (Å²) in [5.74, 6) is 1.44.